The Kier molecular flexibility index (Phi) is 5.25. The second-order valence-corrected chi connectivity index (χ2v) is 1.54. The summed E-state index contributed by atoms with van der Waals surface area (Å²) in [6.07, 6.45) is -4.72. The van der Waals surface area contributed by atoms with Crippen LogP contribution >= 0.6 is 12.4 Å². The van der Waals surface area contributed by atoms with E-state index in [2.05, 4.69) is 10.5 Å². The largest absolute Gasteiger partial charge is 0.468 e. The van der Waals surface area contributed by atoms with Crippen molar-refractivity contribution < 1.29 is 22.7 Å². The van der Waals surface area contributed by atoms with E-state index >= 15 is 0 Å². The van der Waals surface area contributed by atoms with E-state index in [4.69, 9.17) is 0 Å². The summed E-state index contributed by atoms with van der Waals surface area (Å²) in [5.74, 6) is -1.48. The van der Waals surface area contributed by atoms with Crippen LogP contribution in [0.2, 0.25) is 0 Å². The van der Waals surface area contributed by atoms with Gasteiger partial charge >= 0.3 is 12.1 Å². The van der Waals surface area contributed by atoms with Crippen molar-refractivity contribution in [2.45, 2.75) is 12.2 Å². The van der Waals surface area contributed by atoms with Crippen molar-refractivity contribution in [2.24, 2.45) is 5.73 Å². The Hall–Kier alpha value is -0.490. The molecule has 7 heteroatoms. The minimum Gasteiger partial charge on any atom is -0.468 e. The average Bonchev–Trinajstić information content (AvgIpc) is 1.83. The van der Waals surface area contributed by atoms with Crippen LogP contribution in [0, 0.1) is 0 Å². The third kappa shape index (κ3) is 4.05. The van der Waals surface area contributed by atoms with Crippen LogP contribution in [0.3, 0.4) is 0 Å². The van der Waals surface area contributed by atoms with Gasteiger partial charge in [-0.2, -0.15) is 13.2 Å². The quantitative estimate of drug-likeness (QED) is 0.616. The summed E-state index contributed by atoms with van der Waals surface area (Å²) >= 11 is 0. The first-order chi connectivity index (χ1) is 4.39. The zero-order valence-corrected chi connectivity index (χ0v) is 6.33. The third-order valence-corrected chi connectivity index (χ3v) is 0.808. The van der Waals surface area contributed by atoms with E-state index in [-0.39, 0.29) is 12.4 Å². The average molecular weight is 194 g/mol. The molecule has 0 aliphatic carbocycles. The van der Waals surface area contributed by atoms with Crippen LogP contribution in [0.1, 0.15) is 0 Å². The van der Waals surface area contributed by atoms with Crippen LogP contribution in [0.5, 0.6) is 0 Å². The molecule has 2 N–H and O–H groups in total. The molecule has 0 fully saturated rings. The molecule has 0 saturated heterocycles. The van der Waals surface area contributed by atoms with Crippen molar-refractivity contribution >= 4 is 18.4 Å². The van der Waals surface area contributed by atoms with Gasteiger partial charge < -0.3 is 10.5 Å². The Balaban J connectivity index is 0. The van der Waals surface area contributed by atoms with Crippen molar-refractivity contribution in [3.63, 3.8) is 0 Å². The number of alkyl halides is 3. The van der Waals surface area contributed by atoms with Gasteiger partial charge in [-0.05, 0) is 0 Å². The summed E-state index contributed by atoms with van der Waals surface area (Å²) in [6, 6.07) is -2.53. The number of methoxy groups -OCH3 is 1. The number of hydrogen-bond donors (Lipinski definition) is 1. The number of hydrogen-bond acceptors (Lipinski definition) is 3. The summed E-state index contributed by atoms with van der Waals surface area (Å²) < 4.78 is 38.1. The van der Waals surface area contributed by atoms with Gasteiger partial charge in [0.15, 0.2) is 6.04 Å². The molecule has 0 aromatic heterocycles. The predicted molar refractivity (Wildman–Crippen MR) is 33.3 cm³/mol. The van der Waals surface area contributed by atoms with Crippen LogP contribution in [0.4, 0.5) is 13.2 Å². The fourth-order valence-corrected chi connectivity index (χ4v) is 0.261. The first-order valence-corrected chi connectivity index (χ1v) is 2.29. The molecule has 0 radical (unpaired) electrons. The highest BCUT2D eigenvalue weighted by atomic mass is 35.5. The maximum absolute atomic E-state index is 11.5. The maximum Gasteiger partial charge on any atom is 0.414 e. The van der Waals surface area contributed by atoms with E-state index in [9.17, 15) is 18.0 Å². The first kappa shape index (κ1) is 13.1. The molecule has 0 unspecified atom stereocenters. The summed E-state index contributed by atoms with van der Waals surface area (Å²) in [6.45, 7) is 0. The lowest BCUT2D eigenvalue weighted by Crippen LogP contribution is -2.44. The molecule has 0 spiro atoms. The van der Waals surface area contributed by atoms with E-state index in [1.165, 1.54) is 0 Å². The van der Waals surface area contributed by atoms with Crippen LogP contribution in [-0.2, 0) is 9.53 Å². The Morgan fingerprint density at radius 2 is 1.91 bits per heavy atom. The van der Waals surface area contributed by atoms with Gasteiger partial charge in [0.1, 0.15) is 0 Å². The molecule has 11 heavy (non-hydrogen) atoms. The van der Waals surface area contributed by atoms with Gasteiger partial charge in [-0.3, -0.25) is 4.79 Å². The van der Waals surface area contributed by atoms with E-state index in [1.54, 1.807) is 0 Å². The minimum absolute atomic E-state index is 0. The second-order valence-electron chi connectivity index (χ2n) is 1.54. The van der Waals surface area contributed by atoms with Gasteiger partial charge in [-0.15, -0.1) is 12.4 Å². The Labute approximate surface area is 67.1 Å². The van der Waals surface area contributed by atoms with E-state index < -0.39 is 18.2 Å². The molecule has 0 saturated carbocycles. The normalized spacial score (nSPS) is 13.2. The summed E-state index contributed by atoms with van der Waals surface area (Å²) in [7, 11) is 0.841. The number of ether oxygens (including phenoxy) is 1. The van der Waals surface area contributed by atoms with Crippen molar-refractivity contribution in [1.82, 2.24) is 0 Å². The van der Waals surface area contributed by atoms with Crippen molar-refractivity contribution in [1.29, 1.82) is 0 Å². The Morgan fingerprint density at radius 3 is 2.00 bits per heavy atom. The number of rotatable bonds is 1. The van der Waals surface area contributed by atoms with Crippen LogP contribution in [0.25, 0.3) is 0 Å². The van der Waals surface area contributed by atoms with Crippen LogP contribution < -0.4 is 5.73 Å². The Bertz CT molecular complexity index is 138. The minimum atomic E-state index is -4.72. The predicted octanol–water partition coefficient (Wildman–Crippen LogP) is 0.471. The van der Waals surface area contributed by atoms with Gasteiger partial charge in [0.2, 0.25) is 0 Å². The summed E-state index contributed by atoms with van der Waals surface area (Å²) in [5, 5.41) is 0. The van der Waals surface area contributed by atoms with Crippen molar-refractivity contribution in [3.8, 4) is 0 Å². The molecule has 0 heterocycles. The number of nitrogens with two attached hydrogens (primary N) is 1. The molecule has 0 aliphatic rings. The molecule has 0 aromatic carbocycles. The molecule has 0 rings (SSSR count). The molecule has 0 amide bonds. The first-order valence-electron chi connectivity index (χ1n) is 2.29. The summed E-state index contributed by atoms with van der Waals surface area (Å²) in [4.78, 5) is 10.1. The molecular weight excluding hydrogens is 186 g/mol. The lowest BCUT2D eigenvalue weighted by Gasteiger charge is -2.11. The lowest BCUT2D eigenvalue weighted by atomic mass is 10.3. The Morgan fingerprint density at radius 1 is 1.55 bits per heavy atom. The van der Waals surface area contributed by atoms with Gasteiger partial charge in [0.25, 0.3) is 0 Å². The van der Waals surface area contributed by atoms with Crippen LogP contribution in [-0.4, -0.2) is 25.3 Å². The molecule has 68 valence electrons. The zero-order chi connectivity index (χ0) is 8.36. The van der Waals surface area contributed by atoms with E-state index in [1.807, 2.05) is 0 Å². The highest BCUT2D eigenvalue weighted by molar-refractivity contribution is 5.85. The highest BCUT2D eigenvalue weighted by Crippen LogP contribution is 2.18. The third-order valence-electron chi connectivity index (χ3n) is 0.808. The fraction of sp³-hybridized carbons (Fsp3) is 0.750. The van der Waals surface area contributed by atoms with Gasteiger partial charge in [0.05, 0.1) is 7.11 Å². The van der Waals surface area contributed by atoms with Gasteiger partial charge in [-0.1, -0.05) is 0 Å². The molecule has 0 aromatic rings. The smallest absolute Gasteiger partial charge is 0.414 e. The maximum atomic E-state index is 11.5. The van der Waals surface area contributed by atoms with Crippen molar-refractivity contribution in [3.05, 3.63) is 0 Å². The van der Waals surface area contributed by atoms with Gasteiger partial charge in [-0.25, -0.2) is 0 Å². The second kappa shape index (κ2) is 4.40. The number of halogens is 4. The number of carbonyl (C=O) groups excluding carboxylic acids is 1. The summed E-state index contributed by atoms with van der Waals surface area (Å²) in [5.41, 5.74) is 4.41. The van der Waals surface area contributed by atoms with E-state index in [0.29, 0.717) is 0 Å². The molecule has 1 atom stereocenters. The molecule has 0 aliphatic heterocycles. The standard InChI is InChI=1S/C4H6F3NO2.ClH/c1-10-3(9)2(8)4(5,6)7;/h2H,8H2,1H3;1H/t2-;/m0./s1. The zero-order valence-electron chi connectivity index (χ0n) is 5.51. The molecule has 0 bridgehead atoms. The fourth-order valence-electron chi connectivity index (χ4n) is 0.261. The van der Waals surface area contributed by atoms with Crippen LogP contribution in [0.15, 0.2) is 0 Å². The van der Waals surface area contributed by atoms with E-state index in [0.717, 1.165) is 7.11 Å². The highest BCUT2D eigenvalue weighted by Gasteiger charge is 2.42. The van der Waals surface area contributed by atoms with Gasteiger partial charge in [0, 0.05) is 0 Å². The monoisotopic (exact) mass is 193 g/mol. The molecule has 3 nitrogen and oxygen atoms in total. The topological polar surface area (TPSA) is 52.3 Å². The number of esters is 1. The molecular formula is C4H7ClF3NO2. The SMILES string of the molecule is COC(=O)[C@H](N)C(F)(F)F.Cl. The van der Waals surface area contributed by atoms with Crippen molar-refractivity contribution in [2.75, 3.05) is 7.11 Å². The number of carbonyl (C=O) groups is 1. The lowest BCUT2D eigenvalue weighted by molar-refractivity contribution is -0.177.